The van der Waals surface area contributed by atoms with Gasteiger partial charge in [0.2, 0.25) is 0 Å². The fourth-order valence-electron chi connectivity index (χ4n) is 4.22. The first kappa shape index (κ1) is 22.4. The van der Waals surface area contributed by atoms with Crippen molar-refractivity contribution in [1.82, 2.24) is 19.7 Å². The number of H-pyrrole nitrogens is 1. The molecular weight excluding hydrogens is 474 g/mol. The SMILES string of the molecule is Cc1nc(NC(=O)c2oc3ccccc3c2CSC2CCCCC2)sc1-c1n[nH]c(=S)n1C. The second-order valence-electron chi connectivity index (χ2n) is 8.28. The Morgan fingerprint density at radius 1 is 1.33 bits per heavy atom. The molecular formula is C23H25N5O2S3. The first-order valence-electron chi connectivity index (χ1n) is 11.0. The predicted molar refractivity (Wildman–Crippen MR) is 137 cm³/mol. The molecule has 33 heavy (non-hydrogen) atoms. The second kappa shape index (κ2) is 9.44. The predicted octanol–water partition coefficient (Wildman–Crippen LogP) is 6.47. The molecule has 5 rings (SSSR count). The van der Waals surface area contributed by atoms with Gasteiger partial charge in [0.05, 0.1) is 10.6 Å². The molecule has 0 aliphatic heterocycles. The summed E-state index contributed by atoms with van der Waals surface area (Å²) in [6, 6.07) is 7.86. The number of thioether (sulfide) groups is 1. The number of aryl methyl sites for hydroxylation is 1. The Labute approximate surface area is 205 Å². The van der Waals surface area contributed by atoms with Gasteiger partial charge in [0.1, 0.15) is 5.58 Å². The van der Waals surface area contributed by atoms with E-state index in [1.807, 2.05) is 50.0 Å². The third-order valence-corrected chi connectivity index (χ3v) is 8.85. The van der Waals surface area contributed by atoms with Crippen LogP contribution in [0.3, 0.4) is 0 Å². The minimum atomic E-state index is -0.277. The Bertz CT molecular complexity index is 1360. The molecule has 0 saturated heterocycles. The van der Waals surface area contributed by atoms with E-state index in [9.17, 15) is 4.79 Å². The number of nitrogens with one attached hydrogen (secondary N) is 2. The van der Waals surface area contributed by atoms with E-state index in [0.29, 0.717) is 26.7 Å². The van der Waals surface area contributed by atoms with Crippen LogP contribution in [0.15, 0.2) is 28.7 Å². The van der Waals surface area contributed by atoms with Crippen molar-refractivity contribution in [3.63, 3.8) is 0 Å². The summed E-state index contributed by atoms with van der Waals surface area (Å²) in [6.07, 6.45) is 6.42. The summed E-state index contributed by atoms with van der Waals surface area (Å²) in [7, 11) is 1.85. The van der Waals surface area contributed by atoms with Crippen molar-refractivity contribution >= 4 is 57.3 Å². The number of nitrogens with zero attached hydrogens (tertiary/aromatic N) is 3. The number of hydrogen-bond donors (Lipinski definition) is 2. The van der Waals surface area contributed by atoms with Crippen molar-refractivity contribution in [1.29, 1.82) is 0 Å². The van der Waals surface area contributed by atoms with Gasteiger partial charge in [-0.25, -0.2) is 4.98 Å². The van der Waals surface area contributed by atoms with Gasteiger partial charge in [-0.3, -0.25) is 15.2 Å². The quantitative estimate of drug-likeness (QED) is 0.295. The summed E-state index contributed by atoms with van der Waals surface area (Å²) >= 11 is 8.53. The van der Waals surface area contributed by atoms with Crippen LogP contribution in [0.5, 0.6) is 0 Å². The molecule has 3 heterocycles. The van der Waals surface area contributed by atoms with Crippen LogP contribution in [0, 0.1) is 11.7 Å². The molecule has 0 radical (unpaired) electrons. The van der Waals surface area contributed by atoms with Crippen LogP contribution < -0.4 is 5.32 Å². The largest absolute Gasteiger partial charge is 0.451 e. The molecule has 10 heteroatoms. The highest BCUT2D eigenvalue weighted by molar-refractivity contribution is 7.99. The number of rotatable bonds is 6. The smallest absolute Gasteiger partial charge is 0.293 e. The van der Waals surface area contributed by atoms with Gasteiger partial charge in [-0.15, -0.1) is 0 Å². The maximum atomic E-state index is 13.3. The van der Waals surface area contributed by atoms with E-state index < -0.39 is 0 Å². The van der Waals surface area contributed by atoms with Gasteiger partial charge < -0.3 is 8.98 Å². The first-order valence-corrected chi connectivity index (χ1v) is 13.3. The highest BCUT2D eigenvalue weighted by Gasteiger charge is 2.24. The number of hydrogen-bond acceptors (Lipinski definition) is 7. The number of para-hydroxylation sites is 1. The van der Waals surface area contributed by atoms with Crippen molar-refractivity contribution in [2.75, 3.05) is 5.32 Å². The number of anilines is 1. The van der Waals surface area contributed by atoms with Crippen molar-refractivity contribution in [2.45, 2.75) is 50.0 Å². The Kier molecular flexibility index (Phi) is 6.40. The van der Waals surface area contributed by atoms with E-state index in [-0.39, 0.29) is 5.91 Å². The summed E-state index contributed by atoms with van der Waals surface area (Å²) in [4.78, 5) is 18.7. The van der Waals surface area contributed by atoms with Gasteiger partial charge in [0, 0.05) is 29.0 Å². The molecule has 3 aromatic heterocycles. The summed E-state index contributed by atoms with van der Waals surface area (Å²) in [5.41, 5.74) is 2.48. The number of fused-ring (bicyclic) bond motifs is 1. The Morgan fingerprint density at radius 3 is 2.88 bits per heavy atom. The van der Waals surface area contributed by atoms with Gasteiger partial charge in [-0.2, -0.15) is 16.9 Å². The molecule has 1 aliphatic carbocycles. The van der Waals surface area contributed by atoms with Gasteiger partial charge in [0.25, 0.3) is 5.91 Å². The molecule has 0 bridgehead atoms. The molecule has 2 N–H and O–H groups in total. The van der Waals surface area contributed by atoms with Crippen molar-refractivity contribution in [2.24, 2.45) is 7.05 Å². The number of carbonyl (C=O) groups excluding carboxylic acids is 1. The average Bonchev–Trinajstić information content (AvgIpc) is 3.48. The van der Waals surface area contributed by atoms with Gasteiger partial charge in [-0.05, 0) is 38.0 Å². The van der Waals surface area contributed by atoms with E-state index in [0.717, 1.165) is 32.9 Å². The maximum Gasteiger partial charge on any atom is 0.293 e. The van der Waals surface area contributed by atoms with E-state index in [1.54, 1.807) is 4.57 Å². The Morgan fingerprint density at radius 2 is 2.12 bits per heavy atom. The average molecular weight is 500 g/mol. The molecule has 1 aromatic carbocycles. The normalized spacial score (nSPS) is 14.7. The monoisotopic (exact) mass is 499 g/mol. The lowest BCUT2D eigenvalue weighted by atomic mass is 10.0. The van der Waals surface area contributed by atoms with Crippen LogP contribution in [-0.4, -0.2) is 30.9 Å². The highest BCUT2D eigenvalue weighted by atomic mass is 32.2. The lowest BCUT2D eigenvalue weighted by molar-refractivity contribution is 0.0998. The Balaban J connectivity index is 1.41. The molecule has 0 atom stereocenters. The molecule has 0 spiro atoms. The summed E-state index contributed by atoms with van der Waals surface area (Å²) in [6.45, 7) is 1.90. The molecule has 0 unspecified atom stereocenters. The molecule has 1 saturated carbocycles. The minimum absolute atomic E-state index is 0.277. The number of furan rings is 1. The fraction of sp³-hybridized carbons (Fsp3) is 0.391. The van der Waals surface area contributed by atoms with Crippen LogP contribution >= 0.6 is 35.3 Å². The van der Waals surface area contributed by atoms with Gasteiger partial charge >= 0.3 is 0 Å². The second-order valence-corrected chi connectivity index (χ2v) is 11.0. The van der Waals surface area contributed by atoms with E-state index >= 15 is 0 Å². The standard InChI is InChI=1S/C23H25N5O2S3/c1-13-19(20-26-27-23(31)28(20)2)33-22(24-13)25-21(29)18-16(12-32-14-8-4-3-5-9-14)15-10-6-7-11-17(15)30-18/h6-7,10-11,14H,3-5,8-9,12H2,1-2H3,(H,27,31)(H,24,25,29). The van der Waals surface area contributed by atoms with Crippen molar-refractivity contribution in [3.05, 3.63) is 46.1 Å². The summed E-state index contributed by atoms with van der Waals surface area (Å²) < 4.78 is 8.36. The lowest BCUT2D eigenvalue weighted by Gasteiger charge is -2.20. The fourth-order valence-corrected chi connectivity index (χ4v) is 6.69. The molecule has 1 amide bonds. The third kappa shape index (κ3) is 4.51. The minimum Gasteiger partial charge on any atom is -0.451 e. The van der Waals surface area contributed by atoms with Gasteiger partial charge in [-0.1, -0.05) is 48.8 Å². The number of thiazole rings is 1. The summed E-state index contributed by atoms with van der Waals surface area (Å²) in [5, 5.41) is 12.2. The zero-order chi connectivity index (χ0) is 22.9. The molecule has 7 nitrogen and oxygen atoms in total. The van der Waals surface area contributed by atoms with Crippen molar-refractivity contribution < 1.29 is 9.21 Å². The number of amides is 1. The lowest BCUT2D eigenvalue weighted by Crippen LogP contribution is -2.13. The summed E-state index contributed by atoms with van der Waals surface area (Å²) in [5.74, 6) is 1.55. The van der Waals surface area contributed by atoms with Crippen LogP contribution in [0.2, 0.25) is 0 Å². The Hall–Kier alpha value is -2.43. The molecule has 1 fully saturated rings. The zero-order valence-corrected chi connectivity index (χ0v) is 21.0. The number of aromatic nitrogens is 4. The zero-order valence-electron chi connectivity index (χ0n) is 18.5. The number of carbonyl (C=O) groups is 1. The molecule has 172 valence electrons. The maximum absolute atomic E-state index is 13.3. The van der Waals surface area contributed by atoms with E-state index in [2.05, 4.69) is 20.5 Å². The first-order chi connectivity index (χ1) is 16.0. The molecule has 1 aliphatic rings. The number of benzene rings is 1. The topological polar surface area (TPSA) is 88.7 Å². The van der Waals surface area contributed by atoms with E-state index in [4.69, 9.17) is 16.6 Å². The van der Waals surface area contributed by atoms with Crippen LogP contribution in [0.25, 0.3) is 21.7 Å². The van der Waals surface area contributed by atoms with E-state index in [1.165, 1.54) is 43.4 Å². The van der Waals surface area contributed by atoms with Crippen LogP contribution in [0.1, 0.15) is 53.9 Å². The number of aromatic amines is 1. The van der Waals surface area contributed by atoms with Crippen molar-refractivity contribution in [3.8, 4) is 10.7 Å². The van der Waals surface area contributed by atoms with Gasteiger partial charge in [0.15, 0.2) is 21.5 Å². The van der Waals surface area contributed by atoms with Crippen LogP contribution in [-0.2, 0) is 12.8 Å². The highest BCUT2D eigenvalue weighted by Crippen LogP contribution is 2.36. The third-order valence-electron chi connectivity index (χ3n) is 6.02. The molecule has 4 aromatic rings. The van der Waals surface area contributed by atoms with Crippen LogP contribution in [0.4, 0.5) is 5.13 Å².